The lowest BCUT2D eigenvalue weighted by atomic mass is 10.1. The second-order valence-corrected chi connectivity index (χ2v) is 11.4. The number of fused-ring (bicyclic) bond motifs is 9. The van der Waals surface area contributed by atoms with Crippen molar-refractivity contribution in [3.8, 4) is 17.2 Å². The van der Waals surface area contributed by atoms with E-state index in [-0.39, 0.29) is 56.3 Å². The van der Waals surface area contributed by atoms with Crippen LogP contribution in [0.5, 0.6) is 17.2 Å². The fraction of sp³-hybridized carbons (Fsp3) is 0.438. The SMILES string of the molecule is COc1cc2ccc1Oc1cccc(c1)CO[C@H]1CN(C(=O)Cc3cc(C)no3)C[C@@H]1NC(=O)CN(C1CC1)C(=O)CC2. The Morgan fingerprint density at radius 2 is 1.93 bits per heavy atom. The summed E-state index contributed by atoms with van der Waals surface area (Å²) in [7, 11) is 1.59. The van der Waals surface area contributed by atoms with Gasteiger partial charge in [-0.1, -0.05) is 23.4 Å². The standard InChI is InChI=1S/C32H36N4O7/c1-20-12-25(43-34-20)15-32(39)35-16-26-29(17-35)41-19-22-4-3-5-24(13-22)42-27-10-6-21(14-28(27)40-2)7-11-31(38)36(23-8-9-23)18-30(37)33-26/h3-6,10,12-14,23,26,29H,7-9,11,15-19H2,1-2H3,(H,33,37)/t26-,29-/m0/s1. The molecule has 11 nitrogen and oxygen atoms in total. The highest BCUT2D eigenvalue weighted by Gasteiger charge is 2.39. The van der Waals surface area contributed by atoms with Gasteiger partial charge < -0.3 is 33.9 Å². The molecule has 3 amide bonds. The van der Waals surface area contributed by atoms with Gasteiger partial charge in [-0.2, -0.15) is 0 Å². The molecule has 4 aliphatic rings. The topological polar surface area (TPSA) is 123 Å². The quantitative estimate of drug-likeness (QED) is 0.493. The van der Waals surface area contributed by atoms with Crippen molar-refractivity contribution >= 4 is 17.7 Å². The van der Waals surface area contributed by atoms with Crippen molar-refractivity contribution < 1.29 is 33.1 Å². The summed E-state index contributed by atoms with van der Waals surface area (Å²) in [6.45, 7) is 2.62. The lowest BCUT2D eigenvalue weighted by Gasteiger charge is -2.25. The Balaban J connectivity index is 1.24. The third-order valence-corrected chi connectivity index (χ3v) is 8.04. The van der Waals surface area contributed by atoms with Gasteiger partial charge in [-0.05, 0) is 61.6 Å². The summed E-state index contributed by atoms with van der Waals surface area (Å²) < 4.78 is 23.3. The van der Waals surface area contributed by atoms with Gasteiger partial charge in [0.1, 0.15) is 11.5 Å². The molecule has 0 radical (unpaired) electrons. The number of rotatable bonds is 4. The number of carbonyl (C=O) groups is 3. The minimum atomic E-state index is -0.451. The van der Waals surface area contributed by atoms with Crippen molar-refractivity contribution in [3.05, 3.63) is 71.1 Å². The van der Waals surface area contributed by atoms with E-state index in [4.69, 9.17) is 18.7 Å². The highest BCUT2D eigenvalue weighted by atomic mass is 16.5. The van der Waals surface area contributed by atoms with E-state index in [9.17, 15) is 14.4 Å². The summed E-state index contributed by atoms with van der Waals surface area (Å²) in [6, 6.07) is 14.6. The van der Waals surface area contributed by atoms with Crippen LogP contribution in [-0.2, 0) is 38.6 Å². The van der Waals surface area contributed by atoms with Crippen LogP contribution in [0.3, 0.4) is 0 Å². The number of hydrogen-bond acceptors (Lipinski definition) is 8. The van der Waals surface area contributed by atoms with Crippen LogP contribution in [0.1, 0.15) is 41.8 Å². The van der Waals surface area contributed by atoms with Crippen LogP contribution in [0.2, 0.25) is 0 Å². The summed E-state index contributed by atoms with van der Waals surface area (Å²) in [5.74, 6) is 1.78. The van der Waals surface area contributed by atoms with E-state index in [0.717, 1.165) is 24.0 Å². The molecule has 11 heteroatoms. The van der Waals surface area contributed by atoms with Crippen molar-refractivity contribution in [2.24, 2.45) is 0 Å². The molecule has 4 heterocycles. The lowest BCUT2D eigenvalue weighted by molar-refractivity contribution is -0.137. The predicted octanol–water partition coefficient (Wildman–Crippen LogP) is 3.18. The molecule has 2 fully saturated rings. The fourth-order valence-corrected chi connectivity index (χ4v) is 5.64. The zero-order chi connectivity index (χ0) is 29.9. The smallest absolute Gasteiger partial charge is 0.240 e. The second kappa shape index (κ2) is 12.5. The van der Waals surface area contributed by atoms with Crippen molar-refractivity contribution in [1.82, 2.24) is 20.3 Å². The molecular weight excluding hydrogens is 552 g/mol. The first-order chi connectivity index (χ1) is 20.8. The Bertz CT molecular complexity index is 1500. The van der Waals surface area contributed by atoms with Gasteiger partial charge in [0.25, 0.3) is 0 Å². The lowest BCUT2D eigenvalue weighted by Crippen LogP contribution is -2.49. The van der Waals surface area contributed by atoms with E-state index in [1.54, 1.807) is 29.9 Å². The van der Waals surface area contributed by atoms with Crippen LogP contribution in [0.4, 0.5) is 0 Å². The molecule has 0 unspecified atom stereocenters. The van der Waals surface area contributed by atoms with Crippen molar-refractivity contribution in [2.45, 2.75) is 63.8 Å². The zero-order valence-corrected chi connectivity index (χ0v) is 24.4. The van der Waals surface area contributed by atoms with Crippen LogP contribution in [0.15, 0.2) is 53.1 Å². The van der Waals surface area contributed by atoms with Crippen LogP contribution in [0.25, 0.3) is 0 Å². The van der Waals surface area contributed by atoms with Gasteiger partial charge in [-0.25, -0.2) is 0 Å². The van der Waals surface area contributed by atoms with Gasteiger partial charge in [0.2, 0.25) is 17.7 Å². The van der Waals surface area contributed by atoms with E-state index in [2.05, 4.69) is 10.5 Å². The Morgan fingerprint density at radius 1 is 1.07 bits per heavy atom. The van der Waals surface area contributed by atoms with E-state index in [1.165, 1.54) is 0 Å². The average Bonchev–Trinajstić information content (AvgIpc) is 3.64. The van der Waals surface area contributed by atoms with Crippen LogP contribution >= 0.6 is 0 Å². The van der Waals surface area contributed by atoms with E-state index in [0.29, 0.717) is 41.7 Å². The molecule has 3 aliphatic heterocycles. The molecule has 3 aromatic rings. The first-order valence-corrected chi connectivity index (χ1v) is 14.7. The number of nitrogens with zero attached hydrogens (tertiary/aromatic N) is 3. The van der Waals surface area contributed by atoms with E-state index >= 15 is 0 Å². The minimum absolute atomic E-state index is 0.0316. The van der Waals surface area contributed by atoms with Crippen molar-refractivity contribution in [1.29, 1.82) is 0 Å². The molecule has 1 N–H and O–H groups in total. The van der Waals surface area contributed by atoms with Gasteiger partial charge in [-0.15, -0.1) is 0 Å². The van der Waals surface area contributed by atoms with Crippen molar-refractivity contribution in [3.63, 3.8) is 0 Å². The third kappa shape index (κ3) is 6.99. The summed E-state index contributed by atoms with van der Waals surface area (Å²) in [5, 5.41) is 6.94. The van der Waals surface area contributed by atoms with Crippen molar-refractivity contribution in [2.75, 3.05) is 26.7 Å². The first kappa shape index (κ1) is 28.7. The number of hydrogen-bond donors (Lipinski definition) is 1. The number of benzene rings is 2. The van der Waals surface area contributed by atoms with Crippen LogP contribution in [-0.4, -0.2) is 77.6 Å². The molecule has 1 saturated heterocycles. The van der Waals surface area contributed by atoms with Gasteiger partial charge in [0.05, 0.1) is 44.5 Å². The van der Waals surface area contributed by atoms with Crippen LogP contribution in [0, 0.1) is 6.92 Å². The summed E-state index contributed by atoms with van der Waals surface area (Å²) in [5.41, 5.74) is 2.53. The Labute approximate surface area is 250 Å². The summed E-state index contributed by atoms with van der Waals surface area (Å²) >= 11 is 0. The van der Waals surface area contributed by atoms with Gasteiger partial charge in [0.15, 0.2) is 11.5 Å². The maximum atomic E-state index is 13.3. The zero-order valence-electron chi connectivity index (χ0n) is 24.4. The third-order valence-electron chi connectivity index (χ3n) is 8.04. The highest BCUT2D eigenvalue weighted by Crippen LogP contribution is 2.34. The molecule has 4 bridgehead atoms. The molecule has 1 aromatic heterocycles. The highest BCUT2D eigenvalue weighted by molar-refractivity contribution is 5.86. The maximum Gasteiger partial charge on any atom is 0.240 e. The van der Waals surface area contributed by atoms with Gasteiger partial charge in [0, 0.05) is 31.6 Å². The molecule has 2 atom stereocenters. The minimum Gasteiger partial charge on any atom is -0.493 e. The van der Waals surface area contributed by atoms with E-state index < -0.39 is 12.1 Å². The molecule has 1 saturated carbocycles. The predicted molar refractivity (Wildman–Crippen MR) is 155 cm³/mol. The number of nitrogens with one attached hydrogen (secondary N) is 1. The normalized spacial score (nSPS) is 21.3. The molecule has 0 spiro atoms. The van der Waals surface area contributed by atoms with Gasteiger partial charge in [-0.3, -0.25) is 14.4 Å². The second-order valence-electron chi connectivity index (χ2n) is 11.4. The maximum absolute atomic E-state index is 13.3. The van der Waals surface area contributed by atoms with E-state index in [1.807, 2.05) is 42.5 Å². The molecule has 226 valence electrons. The number of ether oxygens (including phenoxy) is 3. The molecule has 2 aromatic carbocycles. The largest absolute Gasteiger partial charge is 0.493 e. The number of carbonyl (C=O) groups excluding carboxylic acids is 3. The number of methoxy groups -OCH3 is 1. The Morgan fingerprint density at radius 3 is 2.70 bits per heavy atom. The number of aryl methyl sites for hydroxylation is 2. The number of likely N-dealkylation sites (tertiary alicyclic amines) is 1. The average molecular weight is 589 g/mol. The monoisotopic (exact) mass is 588 g/mol. The van der Waals surface area contributed by atoms with Gasteiger partial charge >= 0.3 is 0 Å². The summed E-state index contributed by atoms with van der Waals surface area (Å²) in [6.07, 6.45) is 2.17. The Kier molecular flexibility index (Phi) is 8.33. The van der Waals surface area contributed by atoms with Crippen LogP contribution < -0.4 is 14.8 Å². The fourth-order valence-electron chi connectivity index (χ4n) is 5.64. The Hall–Kier alpha value is -4.38. The molecule has 43 heavy (non-hydrogen) atoms. The number of aromatic nitrogens is 1. The first-order valence-electron chi connectivity index (χ1n) is 14.7. The summed E-state index contributed by atoms with van der Waals surface area (Å²) in [4.78, 5) is 43.1. The number of amides is 3. The molecule has 1 aliphatic carbocycles. The molecule has 7 rings (SSSR count). The molecular formula is C32H36N4O7.